The molecule has 0 bridgehead atoms. The SMILES string of the molecule is CC(C)(C)c1noc(CCC(=O)N2CCOCC23CCOC3)n1. The van der Waals surface area contributed by atoms with Crippen molar-refractivity contribution < 1.29 is 18.8 Å². The highest BCUT2D eigenvalue weighted by atomic mass is 16.5. The first-order valence-electron chi connectivity index (χ1n) is 8.20. The van der Waals surface area contributed by atoms with E-state index in [1.165, 1.54) is 0 Å². The minimum Gasteiger partial charge on any atom is -0.379 e. The zero-order chi connectivity index (χ0) is 16.5. The fourth-order valence-corrected chi connectivity index (χ4v) is 3.06. The zero-order valence-electron chi connectivity index (χ0n) is 14.1. The second-order valence-electron chi connectivity index (χ2n) is 7.39. The average Bonchev–Trinajstić information content (AvgIpc) is 3.15. The Morgan fingerprint density at radius 3 is 2.65 bits per heavy atom. The molecule has 7 heteroatoms. The summed E-state index contributed by atoms with van der Waals surface area (Å²) in [5.41, 5.74) is -0.429. The van der Waals surface area contributed by atoms with Crippen molar-refractivity contribution in [2.45, 2.75) is 51.0 Å². The molecule has 2 aliphatic rings. The molecule has 0 saturated carbocycles. The van der Waals surface area contributed by atoms with Gasteiger partial charge in [0.1, 0.15) is 0 Å². The highest BCUT2D eigenvalue weighted by Crippen LogP contribution is 2.30. The van der Waals surface area contributed by atoms with E-state index in [2.05, 4.69) is 10.1 Å². The minimum absolute atomic E-state index is 0.106. The van der Waals surface area contributed by atoms with Crippen molar-refractivity contribution in [3.05, 3.63) is 11.7 Å². The minimum atomic E-state index is -0.277. The summed E-state index contributed by atoms with van der Waals surface area (Å²) < 4.78 is 16.3. The molecule has 1 aromatic heterocycles. The molecule has 0 aromatic carbocycles. The molecule has 1 spiro atoms. The van der Waals surface area contributed by atoms with Gasteiger partial charge >= 0.3 is 0 Å². The van der Waals surface area contributed by atoms with Gasteiger partial charge in [-0.05, 0) is 6.42 Å². The number of aryl methyl sites for hydroxylation is 1. The summed E-state index contributed by atoms with van der Waals surface area (Å²) in [5.74, 6) is 1.30. The lowest BCUT2D eigenvalue weighted by molar-refractivity contribution is -0.149. The van der Waals surface area contributed by atoms with E-state index in [0.717, 1.165) is 6.42 Å². The van der Waals surface area contributed by atoms with Crippen LogP contribution in [0, 0.1) is 0 Å². The molecule has 1 aromatic rings. The maximum atomic E-state index is 12.7. The van der Waals surface area contributed by atoms with Crippen molar-refractivity contribution in [3.8, 4) is 0 Å². The van der Waals surface area contributed by atoms with Crippen LogP contribution in [0.5, 0.6) is 0 Å². The Bertz CT molecular complexity index is 558. The summed E-state index contributed by atoms with van der Waals surface area (Å²) in [4.78, 5) is 19.0. The number of rotatable bonds is 3. The smallest absolute Gasteiger partial charge is 0.227 e. The van der Waals surface area contributed by atoms with Crippen LogP contribution in [0.25, 0.3) is 0 Å². The Morgan fingerprint density at radius 1 is 1.26 bits per heavy atom. The number of morpholine rings is 1. The van der Waals surface area contributed by atoms with E-state index in [9.17, 15) is 4.79 Å². The fraction of sp³-hybridized carbons (Fsp3) is 0.812. The topological polar surface area (TPSA) is 77.7 Å². The van der Waals surface area contributed by atoms with Gasteiger partial charge in [0, 0.05) is 31.4 Å². The van der Waals surface area contributed by atoms with E-state index >= 15 is 0 Å². The third kappa shape index (κ3) is 3.40. The van der Waals surface area contributed by atoms with Crippen LogP contribution in [0.3, 0.4) is 0 Å². The lowest BCUT2D eigenvalue weighted by atomic mass is 9.95. The summed E-state index contributed by atoms with van der Waals surface area (Å²) in [6, 6.07) is 0. The van der Waals surface area contributed by atoms with Gasteiger partial charge < -0.3 is 18.9 Å². The van der Waals surface area contributed by atoms with Gasteiger partial charge in [0.25, 0.3) is 0 Å². The van der Waals surface area contributed by atoms with Crippen LogP contribution in [-0.2, 0) is 26.1 Å². The molecule has 2 fully saturated rings. The molecule has 1 amide bonds. The maximum Gasteiger partial charge on any atom is 0.227 e. The predicted octanol–water partition coefficient (Wildman–Crippen LogP) is 1.32. The van der Waals surface area contributed by atoms with E-state index in [1.54, 1.807) is 0 Å². The molecule has 0 N–H and O–H groups in total. The van der Waals surface area contributed by atoms with Gasteiger partial charge in [0.15, 0.2) is 5.82 Å². The Morgan fingerprint density at radius 2 is 2.00 bits per heavy atom. The molecule has 1 atom stereocenters. The highest BCUT2D eigenvalue weighted by molar-refractivity contribution is 5.77. The first-order chi connectivity index (χ1) is 10.9. The molecule has 3 rings (SSSR count). The summed E-state index contributed by atoms with van der Waals surface area (Å²) >= 11 is 0. The van der Waals surface area contributed by atoms with Crippen LogP contribution in [0.2, 0.25) is 0 Å². The maximum absolute atomic E-state index is 12.7. The summed E-state index contributed by atoms with van der Waals surface area (Å²) in [7, 11) is 0. The van der Waals surface area contributed by atoms with Gasteiger partial charge in [0.2, 0.25) is 11.8 Å². The van der Waals surface area contributed by atoms with Crippen LogP contribution >= 0.6 is 0 Å². The highest BCUT2D eigenvalue weighted by Gasteiger charge is 2.45. The van der Waals surface area contributed by atoms with Gasteiger partial charge in [0.05, 0.1) is 25.4 Å². The first-order valence-corrected chi connectivity index (χ1v) is 8.20. The number of hydrogen-bond donors (Lipinski definition) is 0. The molecule has 2 saturated heterocycles. The van der Waals surface area contributed by atoms with Gasteiger partial charge in [-0.25, -0.2) is 0 Å². The third-order valence-corrected chi connectivity index (χ3v) is 4.48. The molecule has 128 valence electrons. The number of carbonyl (C=O) groups is 1. The Balaban J connectivity index is 1.61. The molecule has 7 nitrogen and oxygen atoms in total. The zero-order valence-corrected chi connectivity index (χ0v) is 14.1. The van der Waals surface area contributed by atoms with Crippen molar-refractivity contribution >= 4 is 5.91 Å². The van der Waals surface area contributed by atoms with Crippen molar-refractivity contribution in [2.75, 3.05) is 33.0 Å². The Hall–Kier alpha value is -1.47. The van der Waals surface area contributed by atoms with Crippen molar-refractivity contribution in [2.24, 2.45) is 0 Å². The number of carbonyl (C=O) groups excluding carboxylic acids is 1. The van der Waals surface area contributed by atoms with E-state index < -0.39 is 0 Å². The van der Waals surface area contributed by atoms with E-state index in [0.29, 0.717) is 57.5 Å². The van der Waals surface area contributed by atoms with Crippen LogP contribution in [0.15, 0.2) is 4.52 Å². The van der Waals surface area contributed by atoms with Crippen molar-refractivity contribution in [1.29, 1.82) is 0 Å². The Labute approximate surface area is 136 Å². The molecular formula is C16H25N3O4. The Kier molecular flexibility index (Phi) is 4.42. The second kappa shape index (κ2) is 6.20. The number of ether oxygens (including phenoxy) is 2. The molecule has 1 unspecified atom stereocenters. The van der Waals surface area contributed by atoms with Gasteiger partial charge in [-0.15, -0.1) is 0 Å². The molecule has 0 radical (unpaired) electrons. The second-order valence-corrected chi connectivity index (χ2v) is 7.39. The lowest BCUT2D eigenvalue weighted by Gasteiger charge is -2.43. The third-order valence-electron chi connectivity index (χ3n) is 4.48. The quantitative estimate of drug-likeness (QED) is 0.835. The van der Waals surface area contributed by atoms with Crippen LogP contribution < -0.4 is 0 Å². The van der Waals surface area contributed by atoms with E-state index in [1.807, 2.05) is 25.7 Å². The van der Waals surface area contributed by atoms with Crippen LogP contribution in [0.4, 0.5) is 0 Å². The molecule has 3 heterocycles. The van der Waals surface area contributed by atoms with Crippen LogP contribution in [0.1, 0.15) is 45.3 Å². The largest absolute Gasteiger partial charge is 0.379 e. The first kappa shape index (κ1) is 16.4. The molecular weight excluding hydrogens is 298 g/mol. The monoisotopic (exact) mass is 323 g/mol. The molecule has 0 aliphatic carbocycles. The number of hydrogen-bond acceptors (Lipinski definition) is 6. The molecule has 23 heavy (non-hydrogen) atoms. The van der Waals surface area contributed by atoms with Crippen LogP contribution in [-0.4, -0.2) is 59.5 Å². The standard InChI is InChI=1S/C16H25N3O4/c1-15(2,3)14-17-12(23-18-14)4-5-13(20)19-7-9-22-11-16(19)6-8-21-10-16/h4-11H2,1-3H3. The van der Waals surface area contributed by atoms with Gasteiger partial charge in [-0.2, -0.15) is 4.98 Å². The normalized spacial score (nSPS) is 25.3. The number of nitrogens with zero attached hydrogens (tertiary/aromatic N) is 3. The molecule has 2 aliphatic heterocycles. The average molecular weight is 323 g/mol. The number of amides is 1. The summed E-state index contributed by atoms with van der Waals surface area (Å²) in [6.45, 7) is 9.12. The summed E-state index contributed by atoms with van der Waals surface area (Å²) in [5, 5.41) is 4.00. The van der Waals surface area contributed by atoms with Gasteiger partial charge in [-0.1, -0.05) is 25.9 Å². The van der Waals surface area contributed by atoms with E-state index in [-0.39, 0.29) is 16.9 Å². The summed E-state index contributed by atoms with van der Waals surface area (Å²) in [6.07, 6.45) is 1.68. The fourth-order valence-electron chi connectivity index (χ4n) is 3.06. The lowest BCUT2D eigenvalue weighted by Crippen LogP contribution is -2.59. The van der Waals surface area contributed by atoms with E-state index in [4.69, 9.17) is 14.0 Å². The number of aromatic nitrogens is 2. The predicted molar refractivity (Wildman–Crippen MR) is 82.0 cm³/mol. The van der Waals surface area contributed by atoms with Crippen molar-refractivity contribution in [1.82, 2.24) is 15.0 Å². The van der Waals surface area contributed by atoms with Gasteiger partial charge in [-0.3, -0.25) is 4.79 Å². The van der Waals surface area contributed by atoms with Crippen molar-refractivity contribution in [3.63, 3.8) is 0 Å².